The number of aryl methyl sites for hydroxylation is 1. The van der Waals surface area contributed by atoms with E-state index in [2.05, 4.69) is 20.4 Å². The van der Waals surface area contributed by atoms with Crippen LogP contribution in [-0.2, 0) is 4.79 Å². The Kier molecular flexibility index (Phi) is 6.03. The van der Waals surface area contributed by atoms with E-state index in [1.807, 2.05) is 31.2 Å². The third-order valence-electron chi connectivity index (χ3n) is 4.58. The number of hydrogen-bond donors (Lipinski definition) is 1. The number of aromatic nitrogens is 4. The van der Waals surface area contributed by atoms with E-state index in [0.29, 0.717) is 27.9 Å². The number of carbonyl (C=O) groups excluding carboxylic acids is 1. The normalized spacial score (nSPS) is 10.8. The number of rotatable bonds is 7. The number of thioether (sulfide) groups is 1. The molecule has 2 aromatic heterocycles. The lowest BCUT2D eigenvalue weighted by Crippen LogP contribution is -2.14. The van der Waals surface area contributed by atoms with Crippen LogP contribution in [0, 0.1) is 6.92 Å². The van der Waals surface area contributed by atoms with Gasteiger partial charge in [0.15, 0.2) is 5.65 Å². The van der Waals surface area contributed by atoms with Gasteiger partial charge in [-0.05, 0) is 19.1 Å². The molecule has 0 saturated carbocycles. The Morgan fingerprint density at radius 1 is 1.06 bits per heavy atom. The minimum atomic E-state index is -0.169. The van der Waals surface area contributed by atoms with Crippen LogP contribution in [0.15, 0.2) is 60.0 Å². The van der Waals surface area contributed by atoms with E-state index in [9.17, 15) is 4.79 Å². The number of nitrogens with zero attached hydrogens (tertiary/aromatic N) is 4. The second kappa shape index (κ2) is 9.05. The van der Waals surface area contributed by atoms with Gasteiger partial charge in [-0.2, -0.15) is 5.10 Å². The van der Waals surface area contributed by atoms with E-state index in [0.717, 1.165) is 11.1 Å². The third kappa shape index (κ3) is 4.61. The van der Waals surface area contributed by atoms with Crippen molar-refractivity contribution in [3.8, 4) is 17.2 Å². The van der Waals surface area contributed by atoms with E-state index < -0.39 is 0 Å². The molecule has 2 aromatic carbocycles. The fourth-order valence-electron chi connectivity index (χ4n) is 3.02. The molecule has 4 rings (SSSR count). The van der Waals surface area contributed by atoms with Gasteiger partial charge in [-0.25, -0.2) is 14.6 Å². The fraction of sp³-hybridized carbons (Fsp3) is 0.182. The van der Waals surface area contributed by atoms with Gasteiger partial charge in [-0.1, -0.05) is 29.5 Å². The number of benzene rings is 2. The summed E-state index contributed by atoms with van der Waals surface area (Å²) in [5, 5.41) is 8.81. The van der Waals surface area contributed by atoms with Gasteiger partial charge in [0.2, 0.25) is 5.91 Å². The topological polar surface area (TPSA) is 91.2 Å². The van der Waals surface area contributed by atoms with Crippen LogP contribution in [-0.4, -0.2) is 45.6 Å². The van der Waals surface area contributed by atoms with Crippen LogP contribution in [0.5, 0.6) is 11.5 Å². The molecule has 0 aliphatic heterocycles. The van der Waals surface area contributed by atoms with Crippen molar-refractivity contribution in [1.82, 2.24) is 19.7 Å². The number of methoxy groups -OCH3 is 2. The lowest BCUT2D eigenvalue weighted by atomic mass is 10.2. The van der Waals surface area contributed by atoms with Crippen molar-refractivity contribution in [3.05, 3.63) is 60.6 Å². The van der Waals surface area contributed by atoms with Gasteiger partial charge in [-0.15, -0.1) is 0 Å². The number of fused-ring (bicyclic) bond motifs is 1. The van der Waals surface area contributed by atoms with Crippen molar-refractivity contribution in [2.75, 3.05) is 25.3 Å². The molecular weight excluding hydrogens is 414 g/mol. The Labute approximate surface area is 183 Å². The number of amides is 1. The van der Waals surface area contributed by atoms with Crippen LogP contribution < -0.4 is 14.8 Å². The molecule has 8 nitrogen and oxygen atoms in total. The first-order valence-electron chi connectivity index (χ1n) is 9.49. The smallest absolute Gasteiger partial charge is 0.234 e. The molecular formula is C22H21N5O3S. The molecule has 0 unspecified atom stereocenters. The molecule has 1 N–H and O–H groups in total. The zero-order valence-electron chi connectivity index (χ0n) is 17.3. The lowest BCUT2D eigenvalue weighted by molar-refractivity contribution is -0.113. The highest BCUT2D eigenvalue weighted by Gasteiger charge is 2.13. The monoisotopic (exact) mass is 435 g/mol. The van der Waals surface area contributed by atoms with Gasteiger partial charge < -0.3 is 14.8 Å². The third-order valence-corrected chi connectivity index (χ3v) is 5.59. The van der Waals surface area contributed by atoms with Crippen LogP contribution >= 0.6 is 11.8 Å². The van der Waals surface area contributed by atoms with E-state index in [1.54, 1.807) is 43.3 Å². The molecule has 1 amide bonds. The Hall–Kier alpha value is -3.59. The second-order valence-electron chi connectivity index (χ2n) is 6.75. The largest absolute Gasteiger partial charge is 0.497 e. The van der Waals surface area contributed by atoms with Crippen molar-refractivity contribution in [2.24, 2.45) is 0 Å². The van der Waals surface area contributed by atoms with E-state index in [-0.39, 0.29) is 11.7 Å². The van der Waals surface area contributed by atoms with Crippen LogP contribution in [0.2, 0.25) is 0 Å². The Morgan fingerprint density at radius 2 is 1.77 bits per heavy atom. The van der Waals surface area contributed by atoms with Gasteiger partial charge in [0.25, 0.3) is 0 Å². The summed E-state index contributed by atoms with van der Waals surface area (Å²) in [6, 6.07) is 13.3. The number of hydrogen-bond acceptors (Lipinski definition) is 7. The van der Waals surface area contributed by atoms with Gasteiger partial charge in [0.1, 0.15) is 22.9 Å². The number of ether oxygens (including phenoxy) is 2. The highest BCUT2D eigenvalue weighted by Crippen LogP contribution is 2.28. The van der Waals surface area contributed by atoms with Crippen LogP contribution in [0.1, 0.15) is 5.56 Å². The fourth-order valence-corrected chi connectivity index (χ4v) is 3.78. The maximum atomic E-state index is 12.5. The predicted octanol–water partition coefficient (Wildman–Crippen LogP) is 3.87. The molecule has 4 aromatic rings. The first-order chi connectivity index (χ1) is 15.1. The highest BCUT2D eigenvalue weighted by molar-refractivity contribution is 8.00. The molecule has 31 heavy (non-hydrogen) atoms. The molecule has 0 atom stereocenters. The summed E-state index contributed by atoms with van der Waals surface area (Å²) < 4.78 is 12.2. The maximum Gasteiger partial charge on any atom is 0.234 e. The first kappa shape index (κ1) is 20.7. The van der Waals surface area contributed by atoms with Crippen LogP contribution in [0.4, 0.5) is 5.69 Å². The van der Waals surface area contributed by atoms with E-state index in [1.165, 1.54) is 23.7 Å². The van der Waals surface area contributed by atoms with Crippen molar-refractivity contribution < 1.29 is 14.3 Å². The molecule has 158 valence electrons. The van der Waals surface area contributed by atoms with Gasteiger partial charge in [-0.3, -0.25) is 4.79 Å². The zero-order chi connectivity index (χ0) is 21.8. The highest BCUT2D eigenvalue weighted by atomic mass is 32.2. The SMILES string of the molecule is COc1cc(NC(=O)CSc2ncnc3c2cnn3-c2ccc(C)cc2)cc(OC)c1. The summed E-state index contributed by atoms with van der Waals surface area (Å²) in [6.45, 7) is 2.04. The van der Waals surface area contributed by atoms with Crippen molar-refractivity contribution in [1.29, 1.82) is 0 Å². The number of carbonyl (C=O) groups is 1. The van der Waals surface area contributed by atoms with Crippen molar-refractivity contribution >= 4 is 34.4 Å². The Morgan fingerprint density at radius 3 is 2.45 bits per heavy atom. The maximum absolute atomic E-state index is 12.5. The standard InChI is InChI=1S/C22H21N5O3S/c1-14-4-6-16(7-5-14)27-21-19(11-25-27)22(24-13-23-21)31-12-20(28)26-15-8-17(29-2)10-18(9-15)30-3/h4-11,13H,12H2,1-3H3,(H,26,28). The molecule has 0 fully saturated rings. The molecule has 0 spiro atoms. The minimum Gasteiger partial charge on any atom is -0.497 e. The van der Waals surface area contributed by atoms with E-state index in [4.69, 9.17) is 9.47 Å². The average molecular weight is 436 g/mol. The Balaban J connectivity index is 1.49. The summed E-state index contributed by atoms with van der Waals surface area (Å²) in [7, 11) is 3.13. The number of nitrogens with one attached hydrogen (secondary N) is 1. The van der Waals surface area contributed by atoms with Crippen molar-refractivity contribution in [2.45, 2.75) is 11.9 Å². The minimum absolute atomic E-state index is 0.169. The van der Waals surface area contributed by atoms with Crippen LogP contribution in [0.3, 0.4) is 0 Å². The molecule has 0 bridgehead atoms. The first-order valence-corrected chi connectivity index (χ1v) is 10.5. The van der Waals surface area contributed by atoms with Crippen LogP contribution in [0.25, 0.3) is 16.7 Å². The zero-order valence-corrected chi connectivity index (χ0v) is 18.1. The van der Waals surface area contributed by atoms with Crippen molar-refractivity contribution in [3.63, 3.8) is 0 Å². The molecule has 0 saturated heterocycles. The van der Waals surface area contributed by atoms with Gasteiger partial charge >= 0.3 is 0 Å². The molecule has 0 aliphatic carbocycles. The summed E-state index contributed by atoms with van der Waals surface area (Å²) >= 11 is 1.33. The quantitative estimate of drug-likeness (QED) is 0.348. The molecule has 9 heteroatoms. The summed E-state index contributed by atoms with van der Waals surface area (Å²) in [5.41, 5.74) is 3.38. The summed E-state index contributed by atoms with van der Waals surface area (Å²) in [6.07, 6.45) is 3.21. The summed E-state index contributed by atoms with van der Waals surface area (Å²) in [4.78, 5) is 21.2. The molecule has 0 radical (unpaired) electrons. The molecule has 2 heterocycles. The Bertz CT molecular complexity index is 1200. The van der Waals surface area contributed by atoms with Gasteiger partial charge in [0, 0.05) is 23.9 Å². The average Bonchev–Trinajstić information content (AvgIpc) is 3.22. The van der Waals surface area contributed by atoms with Gasteiger partial charge in [0.05, 0.1) is 37.2 Å². The lowest BCUT2D eigenvalue weighted by Gasteiger charge is -2.10. The van der Waals surface area contributed by atoms with E-state index >= 15 is 0 Å². The summed E-state index contributed by atoms with van der Waals surface area (Å²) in [5.74, 6) is 1.21. The molecule has 0 aliphatic rings. The number of anilines is 1. The second-order valence-corrected chi connectivity index (χ2v) is 7.71. The predicted molar refractivity (Wildman–Crippen MR) is 120 cm³/mol.